The minimum Gasteiger partial charge on any atom is -0.376 e. The van der Waals surface area contributed by atoms with Crippen LogP contribution >= 0.6 is 23.1 Å². The molecule has 0 saturated carbocycles. The molecule has 1 aliphatic heterocycles. The van der Waals surface area contributed by atoms with Crippen LogP contribution in [-0.4, -0.2) is 27.2 Å². The van der Waals surface area contributed by atoms with E-state index in [-0.39, 0.29) is 17.4 Å². The van der Waals surface area contributed by atoms with Crippen LogP contribution in [0.15, 0.2) is 52.5 Å². The number of hydrogen-bond acceptors (Lipinski definition) is 6. The van der Waals surface area contributed by atoms with Gasteiger partial charge in [0.1, 0.15) is 9.53 Å². The van der Waals surface area contributed by atoms with Crippen molar-refractivity contribution in [3.63, 3.8) is 0 Å². The Hall–Kier alpha value is -2.43. The van der Waals surface area contributed by atoms with Crippen molar-refractivity contribution < 1.29 is 17.9 Å². The van der Waals surface area contributed by atoms with Crippen molar-refractivity contribution in [2.75, 3.05) is 6.61 Å². The summed E-state index contributed by atoms with van der Waals surface area (Å²) in [6.45, 7) is 1.03. The summed E-state index contributed by atoms with van der Waals surface area (Å²) in [6.07, 6.45) is -1.01. The van der Waals surface area contributed by atoms with E-state index in [1.54, 1.807) is 22.9 Å². The highest BCUT2D eigenvalue weighted by Crippen LogP contribution is 2.33. The number of alkyl halides is 3. The Balaban J connectivity index is 1.55. The number of fused-ring (bicyclic) bond motifs is 3. The number of benzene rings is 1. The summed E-state index contributed by atoms with van der Waals surface area (Å²) >= 11 is 2.56. The van der Waals surface area contributed by atoms with Gasteiger partial charge in [0, 0.05) is 23.9 Å². The van der Waals surface area contributed by atoms with Crippen LogP contribution in [0.1, 0.15) is 24.0 Å². The van der Waals surface area contributed by atoms with Crippen LogP contribution in [0.2, 0.25) is 0 Å². The minimum atomic E-state index is -4.40. The summed E-state index contributed by atoms with van der Waals surface area (Å²) in [5.41, 5.74) is 0.239. The van der Waals surface area contributed by atoms with Crippen LogP contribution in [0.4, 0.5) is 13.2 Å². The molecule has 1 saturated heterocycles. The molecule has 3 aromatic heterocycles. The van der Waals surface area contributed by atoms with Crippen LogP contribution in [0, 0.1) is 0 Å². The van der Waals surface area contributed by atoms with Crippen LogP contribution in [0.3, 0.4) is 0 Å². The van der Waals surface area contributed by atoms with Gasteiger partial charge in [-0.25, -0.2) is 9.97 Å². The zero-order chi connectivity index (χ0) is 22.3. The monoisotopic (exact) mass is 477 g/mol. The number of thioether (sulfide) groups is 1. The van der Waals surface area contributed by atoms with Crippen LogP contribution in [0.25, 0.3) is 20.4 Å². The second-order valence-corrected chi connectivity index (χ2v) is 9.51. The Morgan fingerprint density at radius 2 is 2.12 bits per heavy atom. The first kappa shape index (κ1) is 21.4. The maximum atomic E-state index is 13.4. The summed E-state index contributed by atoms with van der Waals surface area (Å²) < 4.78 is 47.1. The van der Waals surface area contributed by atoms with E-state index < -0.39 is 11.7 Å². The van der Waals surface area contributed by atoms with Crippen molar-refractivity contribution in [2.45, 2.75) is 42.6 Å². The topological polar surface area (TPSA) is 57.0 Å². The maximum absolute atomic E-state index is 13.4. The summed E-state index contributed by atoms with van der Waals surface area (Å²) in [6, 6.07) is 8.90. The van der Waals surface area contributed by atoms with Gasteiger partial charge in [-0.2, -0.15) is 13.2 Å². The fourth-order valence-electron chi connectivity index (χ4n) is 3.79. The van der Waals surface area contributed by atoms with Crippen LogP contribution in [-0.2, 0) is 23.2 Å². The van der Waals surface area contributed by atoms with Crippen molar-refractivity contribution in [3.05, 3.63) is 64.1 Å². The summed E-state index contributed by atoms with van der Waals surface area (Å²) in [4.78, 5) is 23.2. The molecule has 0 unspecified atom stereocenters. The van der Waals surface area contributed by atoms with E-state index in [4.69, 9.17) is 9.72 Å². The lowest BCUT2D eigenvalue weighted by molar-refractivity contribution is -0.137. The molecule has 0 bridgehead atoms. The number of aromatic nitrogens is 3. The Morgan fingerprint density at radius 3 is 2.91 bits per heavy atom. The largest absolute Gasteiger partial charge is 0.416 e. The Kier molecular flexibility index (Phi) is 5.68. The molecule has 0 radical (unpaired) electrons. The first-order chi connectivity index (χ1) is 15.4. The average Bonchev–Trinajstić information content (AvgIpc) is 3.42. The van der Waals surface area contributed by atoms with E-state index >= 15 is 0 Å². The molecule has 5 nitrogen and oxygen atoms in total. The van der Waals surface area contributed by atoms with Gasteiger partial charge in [-0.1, -0.05) is 30.0 Å². The molecule has 10 heteroatoms. The molecule has 0 spiro atoms. The second-order valence-electron chi connectivity index (χ2n) is 7.57. The number of rotatable bonds is 5. The molecular formula is C22H18F3N3O2S2. The predicted molar refractivity (Wildman–Crippen MR) is 119 cm³/mol. The minimum absolute atomic E-state index is 0.0765. The lowest BCUT2D eigenvalue weighted by Crippen LogP contribution is -2.28. The fraction of sp³-hybridized carbons (Fsp3) is 0.318. The number of halogens is 3. The number of ether oxygens (including phenoxy) is 1. The SMILES string of the molecule is O=c1c2sc3ncccc3c2nc(SCc2cccc(C(F)(F)F)c2)n1C[C@@H]1CCCO1. The van der Waals surface area contributed by atoms with Crippen molar-refractivity contribution in [1.82, 2.24) is 14.5 Å². The normalized spacial score (nSPS) is 16.9. The van der Waals surface area contributed by atoms with Crippen molar-refractivity contribution in [3.8, 4) is 0 Å². The fourth-order valence-corrected chi connectivity index (χ4v) is 5.77. The molecule has 4 aromatic rings. The Bertz CT molecular complexity index is 1340. The quantitative estimate of drug-likeness (QED) is 0.281. The van der Waals surface area contributed by atoms with E-state index in [1.807, 2.05) is 6.07 Å². The molecule has 1 aliphatic rings. The Morgan fingerprint density at radius 1 is 1.25 bits per heavy atom. The van der Waals surface area contributed by atoms with Gasteiger partial charge in [0.2, 0.25) is 0 Å². The molecule has 32 heavy (non-hydrogen) atoms. The maximum Gasteiger partial charge on any atom is 0.416 e. The van der Waals surface area contributed by atoms with Gasteiger partial charge in [0.15, 0.2) is 5.16 Å². The van der Waals surface area contributed by atoms with Gasteiger partial charge >= 0.3 is 6.18 Å². The van der Waals surface area contributed by atoms with Crippen molar-refractivity contribution in [2.24, 2.45) is 0 Å². The standard InChI is InChI=1S/C22H18F3N3O2S2/c23-22(24,25)14-5-1-4-13(10-14)12-31-21-27-17-16-7-2-8-26-19(16)32-18(17)20(29)28(21)11-15-6-3-9-30-15/h1-2,4-5,7-8,10,15H,3,6,9,11-12H2/t15-/m0/s1. The highest BCUT2D eigenvalue weighted by atomic mass is 32.2. The number of hydrogen-bond donors (Lipinski definition) is 0. The smallest absolute Gasteiger partial charge is 0.376 e. The predicted octanol–water partition coefficient (Wildman–Crippen LogP) is 5.50. The van der Waals surface area contributed by atoms with Gasteiger partial charge in [0.05, 0.1) is 23.7 Å². The third-order valence-corrected chi connectivity index (χ3v) is 7.49. The van der Waals surface area contributed by atoms with Crippen LogP contribution in [0.5, 0.6) is 0 Å². The summed E-state index contributed by atoms with van der Waals surface area (Å²) in [5, 5.41) is 1.27. The van der Waals surface area contributed by atoms with Crippen molar-refractivity contribution in [1.29, 1.82) is 0 Å². The van der Waals surface area contributed by atoms with E-state index in [0.717, 1.165) is 35.2 Å². The highest BCUT2D eigenvalue weighted by Gasteiger charge is 2.30. The zero-order valence-corrected chi connectivity index (χ0v) is 18.4. The Labute approximate surface area is 189 Å². The summed E-state index contributed by atoms with van der Waals surface area (Å²) in [7, 11) is 0. The summed E-state index contributed by atoms with van der Waals surface area (Å²) in [5.74, 6) is 0.258. The van der Waals surface area contributed by atoms with E-state index in [9.17, 15) is 18.0 Å². The van der Waals surface area contributed by atoms with Gasteiger partial charge in [-0.15, -0.1) is 11.3 Å². The van der Waals surface area contributed by atoms with E-state index in [1.165, 1.54) is 29.2 Å². The van der Waals surface area contributed by atoms with E-state index in [2.05, 4.69) is 4.98 Å². The van der Waals surface area contributed by atoms with Crippen molar-refractivity contribution >= 4 is 43.5 Å². The molecule has 0 aliphatic carbocycles. The first-order valence-corrected chi connectivity index (χ1v) is 11.9. The molecule has 0 N–H and O–H groups in total. The third-order valence-electron chi connectivity index (χ3n) is 5.35. The first-order valence-electron chi connectivity index (χ1n) is 10.1. The second kappa shape index (κ2) is 8.49. The molecule has 1 atom stereocenters. The number of thiophene rings is 1. The molecular weight excluding hydrogens is 459 g/mol. The molecule has 166 valence electrons. The highest BCUT2D eigenvalue weighted by molar-refractivity contribution is 7.98. The average molecular weight is 478 g/mol. The molecule has 5 rings (SSSR count). The van der Waals surface area contributed by atoms with Gasteiger partial charge in [-0.05, 0) is 36.6 Å². The third kappa shape index (κ3) is 4.14. The molecule has 1 aromatic carbocycles. The molecule has 1 fully saturated rings. The lowest BCUT2D eigenvalue weighted by atomic mass is 10.1. The van der Waals surface area contributed by atoms with Gasteiger partial charge in [-0.3, -0.25) is 9.36 Å². The van der Waals surface area contributed by atoms with Crippen LogP contribution < -0.4 is 5.56 Å². The zero-order valence-electron chi connectivity index (χ0n) is 16.8. The number of pyridine rings is 1. The van der Waals surface area contributed by atoms with E-state index in [0.29, 0.717) is 34.1 Å². The van der Waals surface area contributed by atoms with Gasteiger partial charge < -0.3 is 4.74 Å². The molecule has 4 heterocycles. The number of nitrogens with zero attached hydrogens (tertiary/aromatic N) is 3. The van der Waals surface area contributed by atoms with Gasteiger partial charge in [0.25, 0.3) is 5.56 Å². The molecule has 0 amide bonds. The lowest BCUT2D eigenvalue weighted by Gasteiger charge is -2.16.